The van der Waals surface area contributed by atoms with Crippen LogP contribution in [0.2, 0.25) is 15.1 Å². The lowest BCUT2D eigenvalue weighted by atomic mass is 10.1. The van der Waals surface area contributed by atoms with Gasteiger partial charge in [-0.15, -0.1) is 0 Å². The van der Waals surface area contributed by atoms with Crippen molar-refractivity contribution < 1.29 is 5.11 Å². The van der Waals surface area contributed by atoms with E-state index in [0.29, 0.717) is 21.0 Å². The molecule has 16 heavy (non-hydrogen) atoms. The maximum Gasteiger partial charge on any atom is 0.0746 e. The minimum absolute atomic E-state index is 0.208. The van der Waals surface area contributed by atoms with Gasteiger partial charge >= 0.3 is 0 Å². The van der Waals surface area contributed by atoms with Gasteiger partial charge in [0, 0.05) is 30.6 Å². The van der Waals surface area contributed by atoms with Gasteiger partial charge in [0.2, 0.25) is 0 Å². The molecule has 1 fully saturated rings. The summed E-state index contributed by atoms with van der Waals surface area (Å²) in [5.41, 5.74) is 0.823. The number of hydrogen-bond donors (Lipinski definition) is 1. The van der Waals surface area contributed by atoms with Crippen LogP contribution >= 0.6 is 34.8 Å². The predicted molar refractivity (Wildman–Crippen MR) is 68.9 cm³/mol. The molecule has 5 heteroatoms. The van der Waals surface area contributed by atoms with Crippen LogP contribution in [0.15, 0.2) is 12.1 Å². The SMILES string of the molecule is OCC1CCN(c2c(Cl)cc(Cl)cc2Cl)C1. The molecule has 1 aliphatic heterocycles. The Kier molecular flexibility index (Phi) is 3.85. The van der Waals surface area contributed by atoms with Gasteiger partial charge in [0.1, 0.15) is 0 Å². The summed E-state index contributed by atoms with van der Waals surface area (Å²) in [5.74, 6) is 0.308. The van der Waals surface area contributed by atoms with E-state index < -0.39 is 0 Å². The summed E-state index contributed by atoms with van der Waals surface area (Å²) in [5, 5.41) is 10.8. The van der Waals surface area contributed by atoms with Gasteiger partial charge in [-0.3, -0.25) is 0 Å². The average molecular weight is 281 g/mol. The molecule has 0 spiro atoms. The molecule has 2 nitrogen and oxygen atoms in total. The highest BCUT2D eigenvalue weighted by molar-refractivity contribution is 6.41. The van der Waals surface area contributed by atoms with Crippen molar-refractivity contribution in [3.8, 4) is 0 Å². The van der Waals surface area contributed by atoms with E-state index in [9.17, 15) is 0 Å². The van der Waals surface area contributed by atoms with Crippen LogP contribution in [0, 0.1) is 5.92 Å². The summed E-state index contributed by atoms with van der Waals surface area (Å²) < 4.78 is 0. The van der Waals surface area contributed by atoms with Crippen molar-refractivity contribution in [2.24, 2.45) is 5.92 Å². The zero-order valence-electron chi connectivity index (χ0n) is 8.59. The lowest BCUT2D eigenvalue weighted by Gasteiger charge is -2.21. The Bertz CT molecular complexity index is 374. The molecule has 1 saturated heterocycles. The predicted octanol–water partition coefficient (Wildman–Crippen LogP) is 3.47. The zero-order chi connectivity index (χ0) is 11.7. The number of aliphatic hydroxyl groups is 1. The van der Waals surface area contributed by atoms with Gasteiger partial charge in [-0.25, -0.2) is 0 Å². The first kappa shape index (κ1) is 12.3. The van der Waals surface area contributed by atoms with Crippen molar-refractivity contribution in [3.05, 3.63) is 27.2 Å². The van der Waals surface area contributed by atoms with Crippen molar-refractivity contribution in [1.29, 1.82) is 0 Å². The van der Waals surface area contributed by atoms with Crippen molar-refractivity contribution in [1.82, 2.24) is 0 Å². The minimum Gasteiger partial charge on any atom is -0.396 e. The van der Waals surface area contributed by atoms with Crippen LogP contribution in [-0.2, 0) is 0 Å². The highest BCUT2D eigenvalue weighted by Crippen LogP contribution is 2.38. The Morgan fingerprint density at radius 2 is 1.88 bits per heavy atom. The van der Waals surface area contributed by atoms with Crippen LogP contribution in [-0.4, -0.2) is 24.8 Å². The molecule has 0 radical (unpaired) electrons. The molecule has 0 saturated carbocycles. The van der Waals surface area contributed by atoms with E-state index in [2.05, 4.69) is 4.90 Å². The van der Waals surface area contributed by atoms with Crippen molar-refractivity contribution in [2.75, 3.05) is 24.6 Å². The second kappa shape index (κ2) is 5.01. The van der Waals surface area contributed by atoms with E-state index in [1.807, 2.05) is 0 Å². The van der Waals surface area contributed by atoms with E-state index in [4.69, 9.17) is 39.9 Å². The van der Waals surface area contributed by atoms with Gasteiger partial charge < -0.3 is 10.0 Å². The number of nitrogens with zero attached hydrogens (tertiary/aromatic N) is 1. The van der Waals surface area contributed by atoms with E-state index in [1.165, 1.54) is 0 Å². The molecule has 2 rings (SSSR count). The number of anilines is 1. The molecule has 1 atom stereocenters. The summed E-state index contributed by atoms with van der Waals surface area (Å²) in [6.07, 6.45) is 0.964. The molecule has 1 unspecified atom stereocenters. The van der Waals surface area contributed by atoms with Gasteiger partial charge in [0.05, 0.1) is 15.7 Å². The fourth-order valence-electron chi connectivity index (χ4n) is 2.02. The fraction of sp³-hybridized carbons (Fsp3) is 0.455. The van der Waals surface area contributed by atoms with Crippen LogP contribution in [0.1, 0.15) is 6.42 Å². The highest BCUT2D eigenvalue weighted by atomic mass is 35.5. The summed E-state index contributed by atoms with van der Waals surface area (Å²) in [4.78, 5) is 2.10. The molecule has 0 bridgehead atoms. The van der Waals surface area contributed by atoms with E-state index in [-0.39, 0.29) is 6.61 Å². The molecule has 1 aromatic carbocycles. The maximum absolute atomic E-state index is 9.10. The molecule has 88 valence electrons. The summed E-state index contributed by atoms with van der Waals surface area (Å²) in [6, 6.07) is 3.38. The van der Waals surface area contributed by atoms with E-state index >= 15 is 0 Å². The van der Waals surface area contributed by atoms with Gasteiger partial charge in [0.25, 0.3) is 0 Å². The summed E-state index contributed by atoms with van der Waals surface area (Å²) in [6.45, 7) is 1.86. The van der Waals surface area contributed by atoms with Crippen LogP contribution in [0.25, 0.3) is 0 Å². The lowest BCUT2D eigenvalue weighted by molar-refractivity contribution is 0.238. The summed E-state index contributed by atoms with van der Waals surface area (Å²) >= 11 is 18.1. The first-order valence-electron chi connectivity index (χ1n) is 5.12. The number of halogens is 3. The Hall–Kier alpha value is -0.150. The maximum atomic E-state index is 9.10. The van der Waals surface area contributed by atoms with E-state index in [1.54, 1.807) is 12.1 Å². The van der Waals surface area contributed by atoms with Crippen LogP contribution in [0.3, 0.4) is 0 Å². The second-order valence-electron chi connectivity index (χ2n) is 4.00. The Morgan fingerprint density at radius 3 is 2.38 bits per heavy atom. The number of aliphatic hydroxyl groups excluding tert-OH is 1. The van der Waals surface area contributed by atoms with Gasteiger partial charge in [0.15, 0.2) is 0 Å². The molecule has 0 aromatic heterocycles. The minimum atomic E-state index is 0.208. The van der Waals surface area contributed by atoms with Crippen molar-refractivity contribution >= 4 is 40.5 Å². The molecule has 1 aliphatic rings. The fourth-order valence-corrected chi connectivity index (χ4v) is 3.08. The third-order valence-corrected chi connectivity index (χ3v) is 3.64. The average Bonchev–Trinajstić information content (AvgIpc) is 2.64. The van der Waals surface area contributed by atoms with Crippen LogP contribution < -0.4 is 4.90 Å². The quantitative estimate of drug-likeness (QED) is 0.897. The molecular weight excluding hydrogens is 268 g/mol. The topological polar surface area (TPSA) is 23.5 Å². The molecular formula is C11H12Cl3NO. The van der Waals surface area contributed by atoms with Crippen molar-refractivity contribution in [3.63, 3.8) is 0 Å². The Balaban J connectivity index is 2.28. The van der Waals surface area contributed by atoms with Gasteiger partial charge in [-0.05, 0) is 18.6 Å². The lowest BCUT2D eigenvalue weighted by Crippen LogP contribution is -2.21. The smallest absolute Gasteiger partial charge is 0.0746 e. The van der Waals surface area contributed by atoms with Crippen molar-refractivity contribution in [2.45, 2.75) is 6.42 Å². The number of rotatable bonds is 2. The largest absolute Gasteiger partial charge is 0.396 e. The summed E-state index contributed by atoms with van der Waals surface area (Å²) in [7, 11) is 0. The highest BCUT2D eigenvalue weighted by Gasteiger charge is 2.25. The standard InChI is InChI=1S/C11H12Cl3NO/c12-8-3-9(13)11(10(14)4-8)15-2-1-7(5-15)6-16/h3-4,7,16H,1-2,5-6H2. The second-order valence-corrected chi connectivity index (χ2v) is 5.25. The molecule has 0 amide bonds. The van der Waals surface area contributed by atoms with Crippen LogP contribution in [0.4, 0.5) is 5.69 Å². The first-order chi connectivity index (χ1) is 7.61. The monoisotopic (exact) mass is 279 g/mol. The molecule has 1 heterocycles. The van der Waals surface area contributed by atoms with Gasteiger partial charge in [-0.2, -0.15) is 0 Å². The molecule has 1 aromatic rings. The molecule has 1 N–H and O–H groups in total. The first-order valence-corrected chi connectivity index (χ1v) is 6.25. The zero-order valence-corrected chi connectivity index (χ0v) is 10.9. The Morgan fingerprint density at radius 1 is 1.25 bits per heavy atom. The normalized spacial score (nSPS) is 20.5. The number of benzene rings is 1. The van der Waals surface area contributed by atoms with Gasteiger partial charge in [-0.1, -0.05) is 34.8 Å². The van der Waals surface area contributed by atoms with E-state index in [0.717, 1.165) is 25.2 Å². The molecule has 0 aliphatic carbocycles. The Labute approximate surface area is 110 Å². The van der Waals surface area contributed by atoms with Crippen LogP contribution in [0.5, 0.6) is 0 Å². The third kappa shape index (κ3) is 2.40. The third-order valence-electron chi connectivity index (χ3n) is 2.84. The number of hydrogen-bond acceptors (Lipinski definition) is 2.